The first kappa shape index (κ1) is 11.7. The molecule has 1 N–H and O–H groups in total. The van der Waals surface area contributed by atoms with Crippen LogP contribution in [0.2, 0.25) is 0 Å². The maximum atomic E-state index is 8.95. The molecule has 2 nitrogen and oxygen atoms in total. The first-order valence-electron chi connectivity index (χ1n) is 6.13. The minimum absolute atomic E-state index is 0.707. The Kier molecular flexibility index (Phi) is 3.19. The van der Waals surface area contributed by atoms with Crippen LogP contribution < -0.4 is 0 Å². The van der Waals surface area contributed by atoms with Gasteiger partial charge in [-0.2, -0.15) is 5.26 Å². The second-order valence-electron chi connectivity index (χ2n) is 5.03. The van der Waals surface area contributed by atoms with E-state index in [2.05, 4.69) is 31.8 Å². The Morgan fingerprint density at radius 3 is 2.76 bits per heavy atom. The van der Waals surface area contributed by atoms with Gasteiger partial charge in [-0.1, -0.05) is 13.8 Å². The van der Waals surface area contributed by atoms with Crippen LogP contribution in [0.1, 0.15) is 37.1 Å². The number of benzene rings is 1. The highest BCUT2D eigenvalue weighted by atomic mass is 14.7. The van der Waals surface area contributed by atoms with Crippen LogP contribution in [0.25, 0.3) is 10.9 Å². The third-order valence-electron chi connectivity index (χ3n) is 3.22. The molecule has 0 aliphatic rings. The Hall–Kier alpha value is -1.75. The molecule has 2 rings (SSSR count). The minimum atomic E-state index is 0.707. The maximum absolute atomic E-state index is 8.95. The fourth-order valence-corrected chi connectivity index (χ4v) is 2.21. The molecule has 1 aromatic carbocycles. The molecule has 2 heteroatoms. The van der Waals surface area contributed by atoms with Crippen LogP contribution in [0.3, 0.4) is 0 Å². The molecule has 0 saturated heterocycles. The van der Waals surface area contributed by atoms with Gasteiger partial charge in [-0.3, -0.25) is 0 Å². The van der Waals surface area contributed by atoms with E-state index in [0.717, 1.165) is 17.5 Å². The Morgan fingerprint density at radius 1 is 1.35 bits per heavy atom. The molecular formula is C15H18N2. The second-order valence-corrected chi connectivity index (χ2v) is 5.03. The van der Waals surface area contributed by atoms with Gasteiger partial charge in [-0.25, -0.2) is 0 Å². The molecule has 0 spiro atoms. The molecule has 0 bridgehead atoms. The number of nitrogens with zero attached hydrogens (tertiary/aromatic N) is 1. The summed E-state index contributed by atoms with van der Waals surface area (Å²) in [6, 6.07) is 8.07. The molecule has 0 unspecified atom stereocenters. The lowest BCUT2D eigenvalue weighted by Crippen LogP contribution is -1.93. The van der Waals surface area contributed by atoms with Crippen molar-refractivity contribution in [3.63, 3.8) is 0 Å². The van der Waals surface area contributed by atoms with Crippen molar-refractivity contribution in [2.24, 2.45) is 5.92 Å². The monoisotopic (exact) mass is 226 g/mol. The predicted octanol–water partition coefficient (Wildman–Crippen LogP) is 3.94. The van der Waals surface area contributed by atoms with Gasteiger partial charge in [-0.05, 0) is 49.4 Å². The number of aromatic nitrogens is 1. The third-order valence-corrected chi connectivity index (χ3v) is 3.22. The summed E-state index contributed by atoms with van der Waals surface area (Å²) in [6.07, 6.45) is 2.27. The summed E-state index contributed by atoms with van der Waals surface area (Å²) in [7, 11) is 0. The molecule has 88 valence electrons. The molecule has 0 radical (unpaired) electrons. The SMILES string of the molecule is Cc1[nH]c2ccc(C#N)cc2c1CCC(C)C. The Labute approximate surface area is 102 Å². The van der Waals surface area contributed by atoms with Crippen molar-refractivity contribution in [1.29, 1.82) is 5.26 Å². The van der Waals surface area contributed by atoms with Gasteiger partial charge in [0.1, 0.15) is 0 Å². The quantitative estimate of drug-likeness (QED) is 0.846. The van der Waals surface area contributed by atoms with Gasteiger partial charge < -0.3 is 4.98 Å². The van der Waals surface area contributed by atoms with Crippen LogP contribution in [0, 0.1) is 24.2 Å². The normalized spacial score (nSPS) is 11.0. The van der Waals surface area contributed by atoms with Gasteiger partial charge >= 0.3 is 0 Å². The smallest absolute Gasteiger partial charge is 0.0991 e. The summed E-state index contributed by atoms with van der Waals surface area (Å²) >= 11 is 0. The van der Waals surface area contributed by atoms with E-state index in [9.17, 15) is 0 Å². The van der Waals surface area contributed by atoms with Crippen LogP contribution in [-0.2, 0) is 6.42 Å². The predicted molar refractivity (Wildman–Crippen MR) is 70.9 cm³/mol. The van der Waals surface area contributed by atoms with Crippen molar-refractivity contribution in [3.8, 4) is 6.07 Å². The lowest BCUT2D eigenvalue weighted by molar-refractivity contribution is 0.587. The van der Waals surface area contributed by atoms with E-state index < -0.39 is 0 Å². The number of hydrogen-bond acceptors (Lipinski definition) is 1. The molecule has 1 aromatic heterocycles. The molecule has 0 atom stereocenters. The minimum Gasteiger partial charge on any atom is -0.358 e. The molecule has 1 heterocycles. The van der Waals surface area contributed by atoms with Crippen LogP contribution >= 0.6 is 0 Å². The summed E-state index contributed by atoms with van der Waals surface area (Å²) in [5.41, 5.74) is 4.48. The summed E-state index contributed by atoms with van der Waals surface area (Å²) in [5, 5.41) is 10.2. The third kappa shape index (κ3) is 2.34. The lowest BCUT2D eigenvalue weighted by atomic mass is 9.99. The average molecular weight is 226 g/mol. The van der Waals surface area contributed by atoms with Gasteiger partial charge in [0.2, 0.25) is 0 Å². The van der Waals surface area contributed by atoms with Crippen LogP contribution in [0.4, 0.5) is 0 Å². The van der Waals surface area contributed by atoms with Crippen molar-refractivity contribution in [2.75, 3.05) is 0 Å². The summed E-state index contributed by atoms with van der Waals surface area (Å²) < 4.78 is 0. The highest BCUT2D eigenvalue weighted by Gasteiger charge is 2.09. The highest BCUT2D eigenvalue weighted by molar-refractivity contribution is 5.85. The van der Waals surface area contributed by atoms with Gasteiger partial charge in [-0.15, -0.1) is 0 Å². The van der Waals surface area contributed by atoms with Gasteiger partial charge in [0.25, 0.3) is 0 Å². The zero-order valence-corrected chi connectivity index (χ0v) is 10.7. The molecular weight excluding hydrogens is 208 g/mol. The molecule has 0 aliphatic heterocycles. The zero-order chi connectivity index (χ0) is 12.4. The van der Waals surface area contributed by atoms with E-state index in [4.69, 9.17) is 5.26 Å². The summed E-state index contributed by atoms with van der Waals surface area (Å²) in [4.78, 5) is 3.39. The van der Waals surface area contributed by atoms with E-state index in [1.165, 1.54) is 23.1 Å². The fourth-order valence-electron chi connectivity index (χ4n) is 2.21. The number of hydrogen-bond donors (Lipinski definition) is 1. The molecule has 0 saturated carbocycles. The Balaban J connectivity index is 2.46. The van der Waals surface area contributed by atoms with Crippen molar-refractivity contribution in [1.82, 2.24) is 4.98 Å². The van der Waals surface area contributed by atoms with Gasteiger partial charge in [0.05, 0.1) is 11.6 Å². The Bertz CT molecular complexity index is 570. The van der Waals surface area contributed by atoms with Crippen LogP contribution in [0.15, 0.2) is 18.2 Å². The standard InChI is InChI=1S/C15H18N2/c1-10(2)4-6-13-11(3)17-15-7-5-12(9-16)8-14(13)15/h5,7-8,10,17H,4,6H2,1-3H3. The maximum Gasteiger partial charge on any atom is 0.0991 e. The first-order chi connectivity index (χ1) is 8.11. The molecule has 2 aromatic rings. The number of aryl methyl sites for hydroxylation is 2. The van der Waals surface area contributed by atoms with Gasteiger partial charge in [0, 0.05) is 16.6 Å². The van der Waals surface area contributed by atoms with E-state index in [1.807, 2.05) is 18.2 Å². The molecule has 0 fully saturated rings. The van der Waals surface area contributed by atoms with Crippen molar-refractivity contribution in [2.45, 2.75) is 33.6 Å². The van der Waals surface area contributed by atoms with E-state index in [0.29, 0.717) is 5.92 Å². The largest absolute Gasteiger partial charge is 0.358 e. The molecule has 17 heavy (non-hydrogen) atoms. The van der Waals surface area contributed by atoms with Crippen molar-refractivity contribution < 1.29 is 0 Å². The number of fused-ring (bicyclic) bond motifs is 1. The highest BCUT2D eigenvalue weighted by Crippen LogP contribution is 2.25. The fraction of sp³-hybridized carbons (Fsp3) is 0.400. The number of nitrogens with one attached hydrogen (secondary N) is 1. The van der Waals surface area contributed by atoms with E-state index in [-0.39, 0.29) is 0 Å². The molecule has 0 amide bonds. The summed E-state index contributed by atoms with van der Waals surface area (Å²) in [5.74, 6) is 0.707. The topological polar surface area (TPSA) is 39.6 Å². The zero-order valence-electron chi connectivity index (χ0n) is 10.7. The van der Waals surface area contributed by atoms with Crippen molar-refractivity contribution >= 4 is 10.9 Å². The lowest BCUT2D eigenvalue weighted by Gasteiger charge is -2.04. The number of rotatable bonds is 3. The summed E-state index contributed by atoms with van der Waals surface area (Å²) in [6.45, 7) is 6.59. The van der Waals surface area contributed by atoms with Crippen LogP contribution in [-0.4, -0.2) is 4.98 Å². The van der Waals surface area contributed by atoms with E-state index >= 15 is 0 Å². The number of nitriles is 1. The first-order valence-corrected chi connectivity index (χ1v) is 6.13. The van der Waals surface area contributed by atoms with Gasteiger partial charge in [0.15, 0.2) is 0 Å². The van der Waals surface area contributed by atoms with Crippen LogP contribution in [0.5, 0.6) is 0 Å². The second kappa shape index (κ2) is 4.63. The Morgan fingerprint density at radius 2 is 2.12 bits per heavy atom. The number of H-pyrrole nitrogens is 1. The average Bonchev–Trinajstić information content (AvgIpc) is 2.61. The molecule has 0 aliphatic carbocycles. The van der Waals surface area contributed by atoms with E-state index in [1.54, 1.807) is 0 Å². The van der Waals surface area contributed by atoms with Crippen molar-refractivity contribution in [3.05, 3.63) is 35.0 Å². The number of aromatic amines is 1.